The lowest BCUT2D eigenvalue weighted by atomic mass is 9.83. The Balaban J connectivity index is 2.00. The quantitative estimate of drug-likeness (QED) is 0.789. The number of unbranched alkanes of at least 4 members (excludes halogenated alkanes) is 1. The van der Waals surface area contributed by atoms with Gasteiger partial charge < -0.3 is 4.90 Å². The summed E-state index contributed by atoms with van der Waals surface area (Å²) in [5.41, 5.74) is 0.373. The molecular formula is C18H28N2O3S. The van der Waals surface area contributed by atoms with Crippen LogP contribution in [0.25, 0.3) is 0 Å². The van der Waals surface area contributed by atoms with Crippen LogP contribution >= 0.6 is 0 Å². The Hall–Kier alpha value is -1.40. The topological polar surface area (TPSA) is 57.7 Å². The number of sulfonamides is 1. The summed E-state index contributed by atoms with van der Waals surface area (Å²) in [5, 5.41) is 0. The molecule has 1 aromatic carbocycles. The maximum atomic E-state index is 12.9. The Labute approximate surface area is 145 Å². The van der Waals surface area contributed by atoms with Crippen LogP contribution in [0.2, 0.25) is 0 Å². The predicted octanol–water partition coefficient (Wildman–Crippen LogP) is 2.24. The minimum Gasteiger partial charge on any atom is -0.339 e. The van der Waals surface area contributed by atoms with Crippen molar-refractivity contribution in [2.45, 2.75) is 39.0 Å². The normalized spacial score (nSPS) is 17.0. The van der Waals surface area contributed by atoms with Gasteiger partial charge in [0.15, 0.2) is 0 Å². The van der Waals surface area contributed by atoms with Crippen LogP contribution in [-0.2, 0) is 20.2 Å². The van der Waals surface area contributed by atoms with E-state index in [1.165, 1.54) is 4.31 Å². The molecule has 2 rings (SSSR count). The zero-order valence-electron chi connectivity index (χ0n) is 14.9. The number of carbonyl (C=O) groups is 1. The molecule has 0 aromatic heterocycles. The summed E-state index contributed by atoms with van der Waals surface area (Å²) in [5.74, 6) is 0.256. The lowest BCUT2D eigenvalue weighted by Gasteiger charge is -2.38. The molecule has 0 unspecified atom stereocenters. The molecule has 1 amide bonds. The van der Waals surface area contributed by atoms with Gasteiger partial charge >= 0.3 is 0 Å². The highest BCUT2D eigenvalue weighted by molar-refractivity contribution is 7.89. The van der Waals surface area contributed by atoms with Crippen molar-refractivity contribution in [1.82, 2.24) is 9.21 Å². The average molecular weight is 353 g/mol. The summed E-state index contributed by atoms with van der Waals surface area (Å²) in [6.45, 7) is 7.54. The maximum Gasteiger partial charge on any atom is 0.232 e. The Kier molecular flexibility index (Phi) is 6.04. The fraction of sp³-hybridized carbons (Fsp3) is 0.611. The number of amides is 1. The Bertz CT molecular complexity index is 648. The Morgan fingerprint density at radius 1 is 1.08 bits per heavy atom. The van der Waals surface area contributed by atoms with Crippen molar-refractivity contribution in [3.05, 3.63) is 35.9 Å². The van der Waals surface area contributed by atoms with Crippen molar-refractivity contribution in [3.8, 4) is 0 Å². The van der Waals surface area contributed by atoms with Crippen molar-refractivity contribution in [2.24, 2.45) is 0 Å². The van der Waals surface area contributed by atoms with Crippen molar-refractivity contribution >= 4 is 15.9 Å². The number of hydrogen-bond acceptors (Lipinski definition) is 3. The second-order valence-electron chi connectivity index (χ2n) is 6.85. The Morgan fingerprint density at radius 2 is 1.67 bits per heavy atom. The lowest BCUT2D eigenvalue weighted by Crippen LogP contribution is -2.54. The molecule has 1 aromatic rings. The van der Waals surface area contributed by atoms with Crippen LogP contribution in [-0.4, -0.2) is 55.5 Å². The summed E-state index contributed by atoms with van der Waals surface area (Å²) in [6.07, 6.45) is 1.55. The zero-order chi connectivity index (χ0) is 17.8. The summed E-state index contributed by atoms with van der Waals surface area (Å²) in [6, 6.07) is 9.72. The van der Waals surface area contributed by atoms with E-state index >= 15 is 0 Å². The predicted molar refractivity (Wildman–Crippen MR) is 96.3 cm³/mol. The van der Waals surface area contributed by atoms with Gasteiger partial charge in [0.1, 0.15) is 0 Å². The largest absolute Gasteiger partial charge is 0.339 e. The number of rotatable bonds is 6. The highest BCUT2D eigenvalue weighted by Gasteiger charge is 2.36. The molecule has 5 nitrogen and oxygen atoms in total. The SMILES string of the molecule is CCCCS(=O)(=O)N1CCN(C(=O)C(C)(C)c2ccccc2)CC1. The smallest absolute Gasteiger partial charge is 0.232 e. The number of hydrogen-bond donors (Lipinski definition) is 0. The molecule has 1 heterocycles. The van der Waals surface area contributed by atoms with Crippen molar-refractivity contribution < 1.29 is 13.2 Å². The minimum absolute atomic E-state index is 0.0549. The lowest BCUT2D eigenvalue weighted by molar-refractivity contribution is -0.137. The second kappa shape index (κ2) is 7.66. The molecule has 0 atom stereocenters. The van der Waals surface area contributed by atoms with E-state index in [1.807, 2.05) is 51.1 Å². The first-order chi connectivity index (χ1) is 11.3. The summed E-state index contributed by atoms with van der Waals surface area (Å²) >= 11 is 0. The molecule has 0 bridgehead atoms. The van der Waals surface area contributed by atoms with Gasteiger partial charge in [0.2, 0.25) is 15.9 Å². The maximum absolute atomic E-state index is 12.9. The number of benzene rings is 1. The van der Waals surface area contributed by atoms with Crippen LogP contribution in [0.3, 0.4) is 0 Å². The monoisotopic (exact) mass is 352 g/mol. The second-order valence-corrected chi connectivity index (χ2v) is 8.94. The first-order valence-electron chi connectivity index (χ1n) is 8.62. The third kappa shape index (κ3) is 4.16. The first kappa shape index (κ1) is 18.9. The molecule has 1 aliphatic rings. The number of piperazine rings is 1. The molecule has 0 aliphatic carbocycles. The molecule has 1 saturated heterocycles. The fourth-order valence-electron chi connectivity index (χ4n) is 3.00. The molecule has 0 radical (unpaired) electrons. The number of nitrogens with zero attached hydrogens (tertiary/aromatic N) is 2. The van der Waals surface area contributed by atoms with E-state index in [-0.39, 0.29) is 11.7 Å². The Morgan fingerprint density at radius 3 is 2.21 bits per heavy atom. The van der Waals surface area contributed by atoms with E-state index in [0.29, 0.717) is 32.6 Å². The van der Waals surface area contributed by atoms with E-state index in [4.69, 9.17) is 0 Å². The van der Waals surface area contributed by atoms with Crippen LogP contribution in [0.15, 0.2) is 30.3 Å². The highest BCUT2D eigenvalue weighted by Crippen LogP contribution is 2.26. The molecule has 0 N–H and O–H groups in total. The van der Waals surface area contributed by atoms with E-state index in [1.54, 1.807) is 4.90 Å². The van der Waals surface area contributed by atoms with Gasteiger partial charge in [-0.25, -0.2) is 8.42 Å². The van der Waals surface area contributed by atoms with E-state index in [9.17, 15) is 13.2 Å². The summed E-state index contributed by atoms with van der Waals surface area (Å²) in [7, 11) is -3.19. The van der Waals surface area contributed by atoms with Crippen molar-refractivity contribution in [3.63, 3.8) is 0 Å². The fourth-order valence-corrected chi connectivity index (χ4v) is 4.63. The molecule has 1 fully saturated rings. The third-order valence-corrected chi connectivity index (χ3v) is 6.66. The first-order valence-corrected chi connectivity index (χ1v) is 10.2. The molecule has 1 aliphatic heterocycles. The van der Waals surface area contributed by atoms with Crippen LogP contribution in [0.4, 0.5) is 0 Å². The van der Waals surface area contributed by atoms with E-state index in [0.717, 1.165) is 12.0 Å². The van der Waals surface area contributed by atoms with Crippen molar-refractivity contribution in [2.75, 3.05) is 31.9 Å². The standard InChI is InChI=1S/C18H28N2O3S/c1-4-5-15-24(22,23)20-13-11-19(12-14-20)17(21)18(2,3)16-9-7-6-8-10-16/h6-10H,4-5,11-15H2,1-3H3. The van der Waals surface area contributed by atoms with Gasteiger partial charge in [-0.15, -0.1) is 0 Å². The average Bonchev–Trinajstić information content (AvgIpc) is 2.60. The van der Waals surface area contributed by atoms with Crippen LogP contribution in [0.5, 0.6) is 0 Å². The molecule has 134 valence electrons. The molecule has 6 heteroatoms. The minimum atomic E-state index is -3.19. The zero-order valence-corrected chi connectivity index (χ0v) is 15.7. The van der Waals surface area contributed by atoms with Crippen LogP contribution < -0.4 is 0 Å². The van der Waals surface area contributed by atoms with E-state index in [2.05, 4.69) is 0 Å². The number of carbonyl (C=O) groups excluding carboxylic acids is 1. The molecule has 24 heavy (non-hydrogen) atoms. The van der Waals surface area contributed by atoms with Crippen LogP contribution in [0.1, 0.15) is 39.2 Å². The molecular weight excluding hydrogens is 324 g/mol. The summed E-state index contributed by atoms with van der Waals surface area (Å²) < 4.78 is 26.1. The highest BCUT2D eigenvalue weighted by atomic mass is 32.2. The van der Waals surface area contributed by atoms with Gasteiger partial charge in [0.25, 0.3) is 0 Å². The van der Waals surface area contributed by atoms with Crippen molar-refractivity contribution in [1.29, 1.82) is 0 Å². The van der Waals surface area contributed by atoms with Gasteiger partial charge in [-0.1, -0.05) is 43.7 Å². The van der Waals surface area contributed by atoms with Gasteiger partial charge in [0, 0.05) is 26.2 Å². The summed E-state index contributed by atoms with van der Waals surface area (Å²) in [4.78, 5) is 14.7. The third-order valence-electron chi connectivity index (χ3n) is 4.71. The van der Waals surface area contributed by atoms with Gasteiger partial charge in [0.05, 0.1) is 11.2 Å². The van der Waals surface area contributed by atoms with Gasteiger partial charge in [-0.2, -0.15) is 4.31 Å². The van der Waals surface area contributed by atoms with Gasteiger partial charge in [-0.3, -0.25) is 4.79 Å². The van der Waals surface area contributed by atoms with Gasteiger partial charge in [-0.05, 0) is 25.8 Å². The molecule has 0 spiro atoms. The molecule has 0 saturated carbocycles. The van der Waals surface area contributed by atoms with E-state index < -0.39 is 15.4 Å². The van der Waals surface area contributed by atoms with Crippen LogP contribution in [0, 0.1) is 0 Å².